The van der Waals surface area contributed by atoms with Gasteiger partial charge in [0, 0.05) is 6.42 Å². The predicted molar refractivity (Wildman–Crippen MR) is 39.6 cm³/mol. The lowest BCUT2D eigenvalue weighted by atomic mass is 10.0. The van der Waals surface area contributed by atoms with Gasteiger partial charge in [0.1, 0.15) is 6.29 Å². The molecule has 2 nitrogen and oxygen atoms in total. The maximum absolute atomic E-state index is 10.8. The lowest BCUT2D eigenvalue weighted by molar-refractivity contribution is -0.124. The Morgan fingerprint density at radius 1 is 1.50 bits per heavy atom. The first-order chi connectivity index (χ1) is 4.76. The molecule has 10 heavy (non-hydrogen) atoms. The van der Waals surface area contributed by atoms with Crippen LogP contribution in [0, 0.1) is 5.92 Å². The molecule has 0 aliphatic heterocycles. The molecule has 0 aromatic rings. The second-order valence-corrected chi connectivity index (χ2v) is 1.86. The van der Waals surface area contributed by atoms with Crippen molar-refractivity contribution in [1.82, 2.24) is 0 Å². The number of hydrogen-bond acceptors (Lipinski definition) is 2. The molecule has 0 N–H and O–H groups in total. The number of carbonyl (C=O) groups excluding carboxylic acids is 2. The van der Waals surface area contributed by atoms with E-state index in [0.29, 0.717) is 6.29 Å². The lowest BCUT2D eigenvalue weighted by Gasteiger charge is -1.97. The summed E-state index contributed by atoms with van der Waals surface area (Å²) < 4.78 is 0. The number of ketones is 1. The number of allylic oxidation sites excluding steroid dienone is 2. The standard InChI is InChI=1S/C8H10O2/c1-3-5-8(10)7(4-2)6-9/h3-4,6-7H,1-2,5H2. The Morgan fingerprint density at radius 3 is 2.40 bits per heavy atom. The molecule has 1 atom stereocenters. The SMILES string of the molecule is C=CCC(=O)C(C=C)C=O. The smallest absolute Gasteiger partial charge is 0.150 e. The largest absolute Gasteiger partial charge is 0.302 e. The summed E-state index contributed by atoms with van der Waals surface area (Å²) in [6, 6.07) is 0. The number of hydrogen-bond donors (Lipinski definition) is 0. The molecule has 0 aromatic carbocycles. The summed E-state index contributed by atoms with van der Waals surface area (Å²) in [5, 5.41) is 0. The van der Waals surface area contributed by atoms with Crippen LogP contribution in [0.2, 0.25) is 0 Å². The van der Waals surface area contributed by atoms with Crippen LogP contribution in [0.5, 0.6) is 0 Å². The highest BCUT2D eigenvalue weighted by Gasteiger charge is 2.10. The Morgan fingerprint density at radius 2 is 2.10 bits per heavy atom. The fourth-order valence-electron chi connectivity index (χ4n) is 0.541. The van der Waals surface area contributed by atoms with E-state index in [9.17, 15) is 9.59 Å². The molecule has 0 fully saturated rings. The molecule has 0 radical (unpaired) electrons. The molecule has 1 unspecified atom stereocenters. The second-order valence-electron chi connectivity index (χ2n) is 1.86. The van der Waals surface area contributed by atoms with Crippen molar-refractivity contribution < 1.29 is 9.59 Å². The van der Waals surface area contributed by atoms with Crippen LogP contribution < -0.4 is 0 Å². The minimum atomic E-state index is -0.655. The molecule has 0 heterocycles. The second kappa shape index (κ2) is 4.68. The van der Waals surface area contributed by atoms with Crippen molar-refractivity contribution in [2.24, 2.45) is 5.92 Å². The van der Waals surface area contributed by atoms with Gasteiger partial charge in [0.05, 0.1) is 5.92 Å². The quantitative estimate of drug-likeness (QED) is 0.324. The molecule has 0 saturated carbocycles. The van der Waals surface area contributed by atoms with Gasteiger partial charge in [-0.3, -0.25) is 4.79 Å². The van der Waals surface area contributed by atoms with Gasteiger partial charge >= 0.3 is 0 Å². The first-order valence-corrected chi connectivity index (χ1v) is 2.97. The van der Waals surface area contributed by atoms with Crippen molar-refractivity contribution in [3.8, 4) is 0 Å². The third-order valence-corrected chi connectivity index (χ3v) is 1.12. The number of rotatable bonds is 5. The van der Waals surface area contributed by atoms with Gasteiger partial charge in [0.15, 0.2) is 5.78 Å². The Kier molecular flexibility index (Phi) is 4.12. The predicted octanol–water partition coefficient (Wildman–Crippen LogP) is 1.13. The molecule has 0 spiro atoms. The number of Topliss-reactive ketones (excluding diaryl/α,β-unsaturated/α-hetero) is 1. The highest BCUT2D eigenvalue weighted by atomic mass is 16.1. The zero-order valence-corrected chi connectivity index (χ0v) is 5.75. The van der Waals surface area contributed by atoms with Gasteiger partial charge in [-0.25, -0.2) is 0 Å². The molecule has 0 saturated heterocycles. The summed E-state index contributed by atoms with van der Waals surface area (Å²) >= 11 is 0. The minimum absolute atomic E-state index is 0.153. The Labute approximate surface area is 60.2 Å². The van der Waals surface area contributed by atoms with E-state index >= 15 is 0 Å². The Bertz CT molecular complexity index is 151. The van der Waals surface area contributed by atoms with E-state index in [-0.39, 0.29) is 12.2 Å². The minimum Gasteiger partial charge on any atom is -0.302 e. The van der Waals surface area contributed by atoms with Gasteiger partial charge < -0.3 is 4.79 Å². The van der Waals surface area contributed by atoms with E-state index in [1.807, 2.05) is 0 Å². The number of carbonyl (C=O) groups is 2. The Hall–Kier alpha value is -1.18. The Balaban J connectivity index is 4.00. The van der Waals surface area contributed by atoms with E-state index in [2.05, 4.69) is 13.2 Å². The van der Waals surface area contributed by atoms with Gasteiger partial charge in [0.25, 0.3) is 0 Å². The van der Waals surface area contributed by atoms with E-state index in [1.54, 1.807) is 0 Å². The maximum atomic E-state index is 10.8. The summed E-state index contributed by atoms with van der Waals surface area (Å²) in [5.74, 6) is -0.807. The van der Waals surface area contributed by atoms with Crippen molar-refractivity contribution in [3.63, 3.8) is 0 Å². The van der Waals surface area contributed by atoms with Crippen molar-refractivity contribution in [1.29, 1.82) is 0 Å². The van der Waals surface area contributed by atoms with E-state index in [0.717, 1.165) is 0 Å². The van der Waals surface area contributed by atoms with Crippen molar-refractivity contribution >= 4 is 12.1 Å². The van der Waals surface area contributed by atoms with E-state index < -0.39 is 5.92 Å². The molecule has 0 rings (SSSR count). The average Bonchev–Trinajstić information content (AvgIpc) is 1.91. The van der Waals surface area contributed by atoms with Crippen LogP contribution in [0.25, 0.3) is 0 Å². The van der Waals surface area contributed by atoms with Gasteiger partial charge in [-0.1, -0.05) is 12.2 Å². The van der Waals surface area contributed by atoms with Crippen molar-refractivity contribution in [2.75, 3.05) is 0 Å². The van der Waals surface area contributed by atoms with Crippen LogP contribution in [-0.4, -0.2) is 12.1 Å². The van der Waals surface area contributed by atoms with Crippen LogP contribution in [0.15, 0.2) is 25.3 Å². The summed E-state index contributed by atoms with van der Waals surface area (Å²) in [4.78, 5) is 21.0. The average molecular weight is 138 g/mol. The summed E-state index contributed by atoms with van der Waals surface area (Å²) in [6.07, 6.45) is 3.62. The molecule has 0 amide bonds. The fraction of sp³-hybridized carbons (Fsp3) is 0.250. The van der Waals surface area contributed by atoms with Gasteiger partial charge in [0.2, 0.25) is 0 Å². The van der Waals surface area contributed by atoms with E-state index in [1.165, 1.54) is 12.2 Å². The fourth-order valence-corrected chi connectivity index (χ4v) is 0.541. The maximum Gasteiger partial charge on any atom is 0.150 e. The first kappa shape index (κ1) is 8.82. The molecule has 0 aromatic heterocycles. The first-order valence-electron chi connectivity index (χ1n) is 2.97. The molecule has 2 heteroatoms. The third-order valence-electron chi connectivity index (χ3n) is 1.12. The molecule has 54 valence electrons. The molecular formula is C8H10O2. The van der Waals surface area contributed by atoms with Crippen LogP contribution in [0.1, 0.15) is 6.42 Å². The van der Waals surface area contributed by atoms with E-state index in [4.69, 9.17) is 0 Å². The van der Waals surface area contributed by atoms with Crippen LogP contribution >= 0.6 is 0 Å². The van der Waals surface area contributed by atoms with Gasteiger partial charge in [-0.15, -0.1) is 13.2 Å². The summed E-state index contributed by atoms with van der Waals surface area (Å²) in [6.45, 7) is 6.73. The van der Waals surface area contributed by atoms with Gasteiger partial charge in [-0.05, 0) is 0 Å². The topological polar surface area (TPSA) is 34.1 Å². The van der Waals surface area contributed by atoms with Crippen molar-refractivity contribution in [3.05, 3.63) is 25.3 Å². The van der Waals surface area contributed by atoms with Crippen LogP contribution in [-0.2, 0) is 9.59 Å². The van der Waals surface area contributed by atoms with Crippen LogP contribution in [0.4, 0.5) is 0 Å². The summed E-state index contributed by atoms with van der Waals surface area (Å²) in [5.41, 5.74) is 0. The van der Waals surface area contributed by atoms with Gasteiger partial charge in [-0.2, -0.15) is 0 Å². The monoisotopic (exact) mass is 138 g/mol. The molecular weight excluding hydrogens is 128 g/mol. The summed E-state index contributed by atoms with van der Waals surface area (Å²) in [7, 11) is 0. The molecule has 0 bridgehead atoms. The highest BCUT2D eigenvalue weighted by molar-refractivity contribution is 5.95. The highest BCUT2D eigenvalue weighted by Crippen LogP contribution is 1.99. The normalized spacial score (nSPS) is 11.6. The third kappa shape index (κ3) is 2.40. The molecule has 0 aliphatic carbocycles. The van der Waals surface area contributed by atoms with Crippen LogP contribution in [0.3, 0.4) is 0 Å². The zero-order valence-electron chi connectivity index (χ0n) is 5.75. The van der Waals surface area contributed by atoms with Crippen molar-refractivity contribution in [2.45, 2.75) is 6.42 Å². The lowest BCUT2D eigenvalue weighted by Crippen LogP contribution is -2.11. The zero-order chi connectivity index (χ0) is 7.98. The number of aldehydes is 1. The molecule has 0 aliphatic rings.